The highest BCUT2D eigenvalue weighted by molar-refractivity contribution is 9.10. The van der Waals surface area contributed by atoms with Crippen LogP contribution in [0.25, 0.3) is 0 Å². The molecule has 0 aromatic heterocycles. The van der Waals surface area contributed by atoms with Crippen molar-refractivity contribution in [2.75, 3.05) is 0 Å². The van der Waals surface area contributed by atoms with Crippen LogP contribution in [0.5, 0.6) is 0 Å². The van der Waals surface area contributed by atoms with Gasteiger partial charge >= 0.3 is 0 Å². The summed E-state index contributed by atoms with van der Waals surface area (Å²) >= 11 is 4.44. The second kappa shape index (κ2) is 7.87. The average Bonchev–Trinajstić information content (AvgIpc) is 3.00. The van der Waals surface area contributed by atoms with Crippen molar-refractivity contribution in [1.82, 2.24) is 0 Å². The lowest BCUT2D eigenvalue weighted by Gasteiger charge is -2.62. The first-order valence-corrected chi connectivity index (χ1v) is 13.5. The fourth-order valence-corrected chi connectivity index (χ4v) is 10.3. The van der Waals surface area contributed by atoms with Gasteiger partial charge < -0.3 is 10.2 Å². The molecule has 3 heteroatoms. The van der Waals surface area contributed by atoms with Crippen LogP contribution in [0.4, 0.5) is 0 Å². The fraction of sp³-hybridized carbons (Fsp3) is 0.926. The number of rotatable bonds is 5. The highest BCUT2D eigenvalue weighted by Crippen LogP contribution is 2.71. The normalized spacial score (nSPS) is 47.1. The number of fused-ring (bicyclic) bond motifs is 5. The molecule has 0 aromatic rings. The molecule has 172 valence electrons. The minimum atomic E-state index is -0.533. The largest absolute Gasteiger partial charge is 0.393 e. The molecule has 0 heterocycles. The number of hydrogen-bond acceptors (Lipinski definition) is 2. The second-order valence-electron chi connectivity index (χ2n) is 12.7. The standard InChI is InChI=1S/C27H45BrO2/c1-18(7-6-13-24(2,3)30)21-8-9-22-26(21,5)15-12-23-25(4)14-11-20(29)17-19(25)10-16-27(22,23)28/h10,18,20-23,29-30H,6-9,11-17H2,1-5H3/t18-,20+,21-,22-,23-,25+,26-,27-/m1/s1. The van der Waals surface area contributed by atoms with E-state index in [4.69, 9.17) is 0 Å². The Hall–Kier alpha value is 0.140. The molecule has 0 amide bonds. The Morgan fingerprint density at radius 2 is 1.87 bits per heavy atom. The Labute approximate surface area is 193 Å². The van der Waals surface area contributed by atoms with Crippen molar-refractivity contribution >= 4 is 15.9 Å². The predicted molar refractivity (Wildman–Crippen MR) is 129 cm³/mol. The quantitative estimate of drug-likeness (QED) is 0.327. The van der Waals surface area contributed by atoms with Gasteiger partial charge in [-0.3, -0.25) is 0 Å². The maximum absolute atomic E-state index is 10.3. The number of allylic oxidation sites excluding steroid dienone is 1. The summed E-state index contributed by atoms with van der Waals surface area (Å²) in [6, 6.07) is 0. The lowest BCUT2D eigenvalue weighted by atomic mass is 9.46. The molecule has 4 aliphatic carbocycles. The van der Waals surface area contributed by atoms with Crippen LogP contribution in [0, 0.1) is 34.5 Å². The summed E-state index contributed by atoms with van der Waals surface area (Å²) < 4.78 is 0.238. The van der Waals surface area contributed by atoms with E-state index >= 15 is 0 Å². The third-order valence-corrected chi connectivity index (χ3v) is 11.7. The molecule has 30 heavy (non-hydrogen) atoms. The Morgan fingerprint density at radius 3 is 2.57 bits per heavy atom. The third kappa shape index (κ3) is 3.77. The summed E-state index contributed by atoms with van der Waals surface area (Å²) in [7, 11) is 0. The minimum absolute atomic E-state index is 0.124. The molecule has 0 saturated heterocycles. The number of aliphatic hydroxyl groups excluding tert-OH is 1. The number of hydrogen-bond donors (Lipinski definition) is 2. The van der Waals surface area contributed by atoms with Gasteiger partial charge in [-0.15, -0.1) is 0 Å². The maximum Gasteiger partial charge on any atom is 0.0591 e. The zero-order valence-corrected chi connectivity index (χ0v) is 21.6. The Morgan fingerprint density at radius 1 is 1.13 bits per heavy atom. The van der Waals surface area contributed by atoms with Crippen molar-refractivity contribution < 1.29 is 10.2 Å². The van der Waals surface area contributed by atoms with E-state index in [1.54, 1.807) is 5.57 Å². The Balaban J connectivity index is 1.53. The Kier molecular flexibility index (Phi) is 6.12. The molecule has 0 spiro atoms. The summed E-state index contributed by atoms with van der Waals surface area (Å²) in [6.07, 6.45) is 15.3. The molecule has 0 bridgehead atoms. The molecule has 2 nitrogen and oxygen atoms in total. The molecule has 3 saturated carbocycles. The molecular formula is C27H45BrO2. The average molecular weight is 482 g/mol. The molecule has 4 aliphatic rings. The molecule has 0 aromatic carbocycles. The van der Waals surface area contributed by atoms with Gasteiger partial charge in [-0.2, -0.15) is 0 Å². The van der Waals surface area contributed by atoms with Crippen LogP contribution in [0.2, 0.25) is 0 Å². The zero-order valence-electron chi connectivity index (χ0n) is 20.0. The SMILES string of the molecule is C[C@H](CCCC(C)(C)O)[C@H]1CC[C@@H]2[C@]1(C)CC[C@H]1[C@@]2(Br)CC=C2C[C@@H](O)CC[C@@]21C. The summed E-state index contributed by atoms with van der Waals surface area (Å²) in [5.41, 5.74) is 1.73. The van der Waals surface area contributed by atoms with E-state index in [9.17, 15) is 10.2 Å². The van der Waals surface area contributed by atoms with E-state index in [0.717, 1.165) is 56.3 Å². The number of halogens is 1. The third-order valence-electron chi connectivity index (χ3n) is 10.3. The van der Waals surface area contributed by atoms with Gasteiger partial charge in [0.05, 0.1) is 11.7 Å². The van der Waals surface area contributed by atoms with Gasteiger partial charge in [0, 0.05) is 4.32 Å². The fourth-order valence-electron chi connectivity index (χ4n) is 8.69. The smallest absolute Gasteiger partial charge is 0.0591 e. The van der Waals surface area contributed by atoms with Crippen molar-refractivity contribution in [2.24, 2.45) is 34.5 Å². The topological polar surface area (TPSA) is 40.5 Å². The van der Waals surface area contributed by atoms with E-state index in [0.29, 0.717) is 11.3 Å². The summed E-state index contributed by atoms with van der Waals surface area (Å²) in [4.78, 5) is 0. The molecule has 4 rings (SSSR count). The molecule has 0 radical (unpaired) electrons. The monoisotopic (exact) mass is 480 g/mol. The maximum atomic E-state index is 10.3. The van der Waals surface area contributed by atoms with Gasteiger partial charge in [0.25, 0.3) is 0 Å². The van der Waals surface area contributed by atoms with Crippen molar-refractivity contribution in [2.45, 2.75) is 121 Å². The van der Waals surface area contributed by atoms with Crippen LogP contribution < -0.4 is 0 Å². The minimum Gasteiger partial charge on any atom is -0.393 e. The second-order valence-corrected chi connectivity index (χ2v) is 14.2. The van der Waals surface area contributed by atoms with E-state index < -0.39 is 5.60 Å². The van der Waals surface area contributed by atoms with Crippen molar-refractivity contribution in [1.29, 1.82) is 0 Å². The van der Waals surface area contributed by atoms with Gasteiger partial charge in [-0.25, -0.2) is 0 Å². The van der Waals surface area contributed by atoms with Crippen LogP contribution in [0.15, 0.2) is 11.6 Å². The number of aliphatic hydroxyl groups is 2. The first-order chi connectivity index (χ1) is 13.9. The summed E-state index contributed by atoms with van der Waals surface area (Å²) in [6.45, 7) is 11.5. The molecule has 3 fully saturated rings. The molecule has 0 unspecified atom stereocenters. The van der Waals surface area contributed by atoms with Crippen LogP contribution >= 0.6 is 15.9 Å². The Bertz CT molecular complexity index is 681. The number of alkyl halides is 1. The molecule has 0 aliphatic heterocycles. The van der Waals surface area contributed by atoms with E-state index in [2.05, 4.69) is 42.8 Å². The zero-order chi connectivity index (χ0) is 21.9. The van der Waals surface area contributed by atoms with E-state index in [-0.39, 0.29) is 15.8 Å². The molecule has 8 atom stereocenters. The van der Waals surface area contributed by atoms with Gasteiger partial charge in [0.15, 0.2) is 0 Å². The highest BCUT2D eigenvalue weighted by atomic mass is 79.9. The van der Waals surface area contributed by atoms with Crippen LogP contribution in [-0.2, 0) is 0 Å². The van der Waals surface area contributed by atoms with Crippen molar-refractivity contribution in [3.63, 3.8) is 0 Å². The van der Waals surface area contributed by atoms with Crippen LogP contribution in [0.3, 0.4) is 0 Å². The van der Waals surface area contributed by atoms with Crippen LogP contribution in [-0.4, -0.2) is 26.2 Å². The first-order valence-electron chi connectivity index (χ1n) is 12.7. The predicted octanol–water partition coefficient (Wildman–Crippen LogP) is 7.02. The van der Waals surface area contributed by atoms with Gasteiger partial charge in [-0.1, -0.05) is 61.2 Å². The van der Waals surface area contributed by atoms with E-state index in [1.165, 1.54) is 32.1 Å². The lowest BCUT2D eigenvalue weighted by Crippen LogP contribution is -2.58. The van der Waals surface area contributed by atoms with Crippen LogP contribution in [0.1, 0.15) is 105 Å². The summed E-state index contributed by atoms with van der Waals surface area (Å²) in [5.74, 6) is 3.02. The highest BCUT2D eigenvalue weighted by Gasteiger charge is 2.64. The summed E-state index contributed by atoms with van der Waals surface area (Å²) in [5, 5.41) is 20.4. The van der Waals surface area contributed by atoms with E-state index in [1.807, 2.05) is 13.8 Å². The van der Waals surface area contributed by atoms with Gasteiger partial charge in [0.2, 0.25) is 0 Å². The molecular weight excluding hydrogens is 436 g/mol. The van der Waals surface area contributed by atoms with Gasteiger partial charge in [0.1, 0.15) is 0 Å². The van der Waals surface area contributed by atoms with Crippen molar-refractivity contribution in [3.8, 4) is 0 Å². The van der Waals surface area contributed by atoms with Crippen molar-refractivity contribution in [3.05, 3.63) is 11.6 Å². The lowest BCUT2D eigenvalue weighted by molar-refractivity contribution is -0.0375. The molecule has 2 N–H and O–H groups in total. The first kappa shape index (κ1) is 23.3. The van der Waals surface area contributed by atoms with Gasteiger partial charge in [-0.05, 0) is 106 Å².